The summed E-state index contributed by atoms with van der Waals surface area (Å²) < 4.78 is 45.4. The summed E-state index contributed by atoms with van der Waals surface area (Å²) in [6.45, 7) is 4.58. The largest absolute Gasteiger partial charge is 0.481 e. The molecule has 1 saturated heterocycles. The number of nitrogens with zero attached hydrogens (tertiary/aromatic N) is 1. The van der Waals surface area contributed by atoms with Gasteiger partial charge in [-0.25, -0.2) is 0 Å². The number of rotatable bonds is 6. The molecule has 0 bridgehead atoms. The van der Waals surface area contributed by atoms with E-state index in [1.165, 1.54) is 11.8 Å². The molecule has 0 radical (unpaired) electrons. The van der Waals surface area contributed by atoms with Gasteiger partial charge < -0.3 is 15.4 Å². The van der Waals surface area contributed by atoms with Crippen molar-refractivity contribution in [3.63, 3.8) is 0 Å². The van der Waals surface area contributed by atoms with Crippen molar-refractivity contribution in [1.82, 2.24) is 15.5 Å². The van der Waals surface area contributed by atoms with Crippen molar-refractivity contribution in [2.75, 3.05) is 32.7 Å². The van der Waals surface area contributed by atoms with E-state index < -0.39 is 30.8 Å². The highest BCUT2D eigenvalue weighted by atomic mass is 35.5. The van der Waals surface area contributed by atoms with Crippen LogP contribution in [0.25, 0.3) is 0 Å². The molecule has 0 aromatic heterocycles. The Morgan fingerprint density at radius 2 is 1.85 bits per heavy atom. The molecule has 1 aliphatic heterocycles. The number of hydrogen-bond donors (Lipinski definition) is 2. The molecule has 2 unspecified atom stereocenters. The van der Waals surface area contributed by atoms with Gasteiger partial charge in [-0.15, -0.1) is 12.4 Å². The molecule has 1 aliphatic rings. The van der Waals surface area contributed by atoms with Gasteiger partial charge in [0.1, 0.15) is 11.8 Å². The van der Waals surface area contributed by atoms with Crippen molar-refractivity contribution in [1.29, 1.82) is 0 Å². The van der Waals surface area contributed by atoms with Crippen LogP contribution in [-0.2, 0) is 4.79 Å². The van der Waals surface area contributed by atoms with Gasteiger partial charge in [0.15, 0.2) is 6.10 Å². The number of halogens is 4. The van der Waals surface area contributed by atoms with Gasteiger partial charge in [0.2, 0.25) is 0 Å². The van der Waals surface area contributed by atoms with Crippen molar-refractivity contribution >= 4 is 18.3 Å². The van der Waals surface area contributed by atoms with Crippen LogP contribution in [-0.4, -0.2) is 61.9 Å². The van der Waals surface area contributed by atoms with Gasteiger partial charge in [-0.2, -0.15) is 13.2 Å². The smallest absolute Gasteiger partial charge is 0.405 e. The minimum Gasteiger partial charge on any atom is -0.481 e. The normalized spacial score (nSPS) is 17.7. The predicted molar refractivity (Wildman–Crippen MR) is 95.8 cm³/mol. The summed E-state index contributed by atoms with van der Waals surface area (Å²) in [6, 6.07) is 5.43. The second kappa shape index (κ2) is 9.99. The zero-order valence-corrected chi connectivity index (χ0v) is 15.6. The molecular weight excluding hydrogens is 371 g/mol. The third-order valence-corrected chi connectivity index (χ3v) is 4.14. The van der Waals surface area contributed by atoms with Gasteiger partial charge in [-0.05, 0) is 26.0 Å². The number of ether oxygens (including phenoxy) is 1. The van der Waals surface area contributed by atoms with E-state index in [0.29, 0.717) is 31.9 Å². The molecule has 26 heavy (non-hydrogen) atoms. The second-order valence-corrected chi connectivity index (χ2v) is 6.16. The van der Waals surface area contributed by atoms with Crippen LogP contribution < -0.4 is 15.4 Å². The standard InChI is InChI=1S/C17H24F3N3O2.ClH/c1-12-3-5-14(6-4-12)25-13(2)16(24)22-11-15(17(18,19)20)23-9-7-21-8-10-23;/h3-6,13,15,21H,7-11H2,1-2H3,(H,22,24);1H. The molecule has 0 aliphatic carbocycles. The van der Waals surface area contributed by atoms with Crippen molar-refractivity contribution in [3.05, 3.63) is 29.8 Å². The van der Waals surface area contributed by atoms with Crippen molar-refractivity contribution in [2.45, 2.75) is 32.2 Å². The first-order valence-corrected chi connectivity index (χ1v) is 8.30. The Balaban J connectivity index is 0.00000338. The zero-order chi connectivity index (χ0) is 18.4. The molecule has 2 rings (SSSR count). The molecule has 1 fully saturated rings. The maximum atomic E-state index is 13.3. The molecule has 1 heterocycles. The molecule has 1 amide bonds. The summed E-state index contributed by atoms with van der Waals surface area (Å²) in [7, 11) is 0. The number of piperazine rings is 1. The van der Waals surface area contributed by atoms with Crippen molar-refractivity contribution in [3.8, 4) is 5.75 Å². The van der Waals surface area contributed by atoms with Crippen LogP contribution in [0, 0.1) is 6.92 Å². The highest BCUT2D eigenvalue weighted by Gasteiger charge is 2.44. The Morgan fingerprint density at radius 1 is 1.27 bits per heavy atom. The van der Waals surface area contributed by atoms with E-state index in [0.717, 1.165) is 5.56 Å². The number of aryl methyl sites for hydroxylation is 1. The maximum Gasteiger partial charge on any atom is 0.405 e. The van der Waals surface area contributed by atoms with Crippen LogP contribution in [0.4, 0.5) is 13.2 Å². The summed E-state index contributed by atoms with van der Waals surface area (Å²) >= 11 is 0. The van der Waals surface area contributed by atoms with Crippen molar-refractivity contribution < 1.29 is 22.7 Å². The Kier molecular flexibility index (Phi) is 8.66. The highest BCUT2D eigenvalue weighted by molar-refractivity contribution is 5.85. The van der Waals surface area contributed by atoms with E-state index in [1.807, 2.05) is 19.1 Å². The first-order valence-electron chi connectivity index (χ1n) is 8.30. The molecule has 9 heteroatoms. The fourth-order valence-corrected chi connectivity index (χ4v) is 2.66. The van der Waals surface area contributed by atoms with Gasteiger partial charge in [-0.1, -0.05) is 17.7 Å². The number of carbonyl (C=O) groups excluding carboxylic acids is 1. The molecular formula is C17H25ClF3N3O2. The minimum absolute atomic E-state index is 0. The van der Waals surface area contributed by atoms with Gasteiger partial charge in [0.05, 0.1) is 0 Å². The third kappa shape index (κ3) is 6.66. The number of alkyl halides is 3. The molecule has 2 atom stereocenters. The SMILES string of the molecule is Cc1ccc(OC(C)C(=O)NCC(N2CCNCC2)C(F)(F)F)cc1.Cl. The van der Waals surface area contributed by atoms with E-state index in [-0.39, 0.29) is 12.4 Å². The molecule has 0 spiro atoms. The Hall–Kier alpha value is -1.51. The average Bonchev–Trinajstić information content (AvgIpc) is 2.56. The number of benzene rings is 1. The van der Waals surface area contributed by atoms with Crippen LogP contribution in [0.15, 0.2) is 24.3 Å². The summed E-state index contributed by atoms with van der Waals surface area (Å²) in [4.78, 5) is 13.4. The summed E-state index contributed by atoms with van der Waals surface area (Å²) in [5, 5.41) is 5.39. The Bertz CT molecular complexity index is 563. The van der Waals surface area contributed by atoms with Crippen LogP contribution in [0.2, 0.25) is 0 Å². The molecule has 1 aromatic rings. The van der Waals surface area contributed by atoms with E-state index in [4.69, 9.17) is 4.74 Å². The van der Waals surface area contributed by atoms with Crippen molar-refractivity contribution in [2.24, 2.45) is 0 Å². The third-order valence-electron chi connectivity index (χ3n) is 4.14. The fourth-order valence-electron chi connectivity index (χ4n) is 2.66. The lowest BCUT2D eigenvalue weighted by Gasteiger charge is -2.36. The lowest BCUT2D eigenvalue weighted by Crippen LogP contribution is -2.58. The summed E-state index contributed by atoms with van der Waals surface area (Å²) in [6.07, 6.45) is -5.27. The topological polar surface area (TPSA) is 53.6 Å². The fraction of sp³-hybridized carbons (Fsp3) is 0.588. The van der Waals surface area contributed by atoms with E-state index in [9.17, 15) is 18.0 Å². The molecule has 1 aromatic carbocycles. The van der Waals surface area contributed by atoms with Gasteiger partial charge in [0, 0.05) is 32.7 Å². The highest BCUT2D eigenvalue weighted by Crippen LogP contribution is 2.24. The van der Waals surface area contributed by atoms with E-state index >= 15 is 0 Å². The Labute approximate surface area is 157 Å². The number of nitrogens with one attached hydrogen (secondary N) is 2. The first-order chi connectivity index (χ1) is 11.8. The number of carbonyl (C=O) groups is 1. The monoisotopic (exact) mass is 395 g/mol. The molecule has 2 N–H and O–H groups in total. The van der Waals surface area contributed by atoms with Crippen LogP contribution in [0.5, 0.6) is 5.75 Å². The number of hydrogen-bond acceptors (Lipinski definition) is 4. The Morgan fingerprint density at radius 3 is 2.38 bits per heavy atom. The lowest BCUT2D eigenvalue weighted by molar-refractivity contribution is -0.184. The maximum absolute atomic E-state index is 13.3. The second-order valence-electron chi connectivity index (χ2n) is 6.16. The quantitative estimate of drug-likeness (QED) is 0.775. The number of amides is 1. The lowest BCUT2D eigenvalue weighted by atomic mass is 10.2. The zero-order valence-electron chi connectivity index (χ0n) is 14.8. The first kappa shape index (κ1) is 22.5. The van der Waals surface area contributed by atoms with Crippen LogP contribution >= 0.6 is 12.4 Å². The molecule has 0 saturated carbocycles. The van der Waals surface area contributed by atoms with Gasteiger partial charge >= 0.3 is 6.18 Å². The van der Waals surface area contributed by atoms with Gasteiger partial charge in [-0.3, -0.25) is 9.69 Å². The van der Waals surface area contributed by atoms with E-state index in [1.54, 1.807) is 12.1 Å². The minimum atomic E-state index is -4.40. The molecule has 148 valence electrons. The van der Waals surface area contributed by atoms with Gasteiger partial charge in [0.25, 0.3) is 5.91 Å². The molecule has 5 nitrogen and oxygen atoms in total. The average molecular weight is 396 g/mol. The van der Waals surface area contributed by atoms with Crippen LogP contribution in [0.1, 0.15) is 12.5 Å². The van der Waals surface area contributed by atoms with Crippen LogP contribution in [0.3, 0.4) is 0 Å². The summed E-state index contributed by atoms with van der Waals surface area (Å²) in [5.74, 6) is -0.0623. The van der Waals surface area contributed by atoms with E-state index in [2.05, 4.69) is 10.6 Å². The summed E-state index contributed by atoms with van der Waals surface area (Å²) in [5.41, 5.74) is 1.05. The predicted octanol–water partition coefficient (Wildman–Crippen LogP) is 2.14.